The Hall–Kier alpha value is -2.54. The highest BCUT2D eigenvalue weighted by Crippen LogP contribution is 2.21. The lowest BCUT2D eigenvalue weighted by Crippen LogP contribution is -2.46. The maximum atomic E-state index is 12.5. The summed E-state index contributed by atoms with van der Waals surface area (Å²) in [5, 5.41) is 7.69. The van der Waals surface area contributed by atoms with Crippen LogP contribution in [0, 0.1) is 5.92 Å². The number of hydrogen-bond donors (Lipinski definition) is 2. The standard InChI is InChI=1S/C16H18ClN5O2/c17-12-4-1-5-13(9-12)22-14(6-7-19-22)20-15(23)11-3-2-8-21(10-11)16(18)24/h1,4-7,9,11H,2-3,8,10H2,(H2,18,24)(H,20,23)/t11-/m1/s1. The summed E-state index contributed by atoms with van der Waals surface area (Å²) in [7, 11) is 0. The average Bonchev–Trinajstić information content (AvgIpc) is 3.03. The van der Waals surface area contributed by atoms with Gasteiger partial charge in [0.25, 0.3) is 0 Å². The first-order valence-electron chi connectivity index (χ1n) is 7.70. The molecule has 1 aliphatic rings. The van der Waals surface area contributed by atoms with Crippen molar-refractivity contribution < 1.29 is 9.59 Å². The van der Waals surface area contributed by atoms with Gasteiger partial charge in [-0.2, -0.15) is 5.10 Å². The molecule has 2 aromatic rings. The maximum Gasteiger partial charge on any atom is 0.314 e. The molecule has 0 saturated carbocycles. The number of halogens is 1. The molecule has 8 heteroatoms. The predicted octanol–water partition coefficient (Wildman–Crippen LogP) is 2.25. The molecular weight excluding hydrogens is 330 g/mol. The van der Waals surface area contributed by atoms with Crippen LogP contribution in [-0.4, -0.2) is 39.7 Å². The fourth-order valence-electron chi connectivity index (χ4n) is 2.83. The minimum absolute atomic E-state index is 0.148. The number of aromatic nitrogens is 2. The number of nitrogens with one attached hydrogen (secondary N) is 1. The Morgan fingerprint density at radius 1 is 1.33 bits per heavy atom. The monoisotopic (exact) mass is 347 g/mol. The summed E-state index contributed by atoms with van der Waals surface area (Å²) >= 11 is 6.01. The fourth-order valence-corrected chi connectivity index (χ4v) is 3.02. The number of urea groups is 1. The second-order valence-corrected chi connectivity index (χ2v) is 6.16. The Labute approximate surface area is 144 Å². The van der Waals surface area contributed by atoms with Crippen molar-refractivity contribution in [2.24, 2.45) is 11.7 Å². The van der Waals surface area contributed by atoms with Gasteiger partial charge in [-0.1, -0.05) is 17.7 Å². The van der Waals surface area contributed by atoms with E-state index in [1.165, 1.54) is 4.90 Å². The number of carbonyl (C=O) groups is 2. The van der Waals surface area contributed by atoms with Crippen molar-refractivity contribution in [1.82, 2.24) is 14.7 Å². The summed E-state index contributed by atoms with van der Waals surface area (Å²) in [6, 6.07) is 8.43. The highest BCUT2D eigenvalue weighted by molar-refractivity contribution is 6.30. The molecule has 3 rings (SSSR count). The van der Waals surface area contributed by atoms with Crippen molar-refractivity contribution >= 4 is 29.4 Å². The summed E-state index contributed by atoms with van der Waals surface area (Å²) in [5.74, 6) is 0.122. The molecule has 3 amide bonds. The largest absolute Gasteiger partial charge is 0.351 e. The smallest absolute Gasteiger partial charge is 0.314 e. The van der Waals surface area contributed by atoms with E-state index in [4.69, 9.17) is 17.3 Å². The normalized spacial score (nSPS) is 17.5. The molecule has 1 atom stereocenters. The summed E-state index contributed by atoms with van der Waals surface area (Å²) in [6.07, 6.45) is 3.09. The van der Waals surface area contributed by atoms with E-state index in [1.807, 2.05) is 12.1 Å². The first kappa shape index (κ1) is 16.3. The Kier molecular flexibility index (Phi) is 4.71. The molecule has 1 aliphatic heterocycles. The molecule has 0 bridgehead atoms. The van der Waals surface area contributed by atoms with E-state index in [-0.39, 0.29) is 11.8 Å². The Morgan fingerprint density at radius 3 is 2.92 bits per heavy atom. The number of rotatable bonds is 3. The van der Waals surface area contributed by atoms with Crippen LogP contribution in [0.25, 0.3) is 5.69 Å². The zero-order chi connectivity index (χ0) is 17.1. The molecule has 3 N–H and O–H groups in total. The van der Waals surface area contributed by atoms with Crippen LogP contribution in [0.4, 0.5) is 10.6 Å². The van der Waals surface area contributed by atoms with Crippen LogP contribution in [-0.2, 0) is 4.79 Å². The first-order valence-corrected chi connectivity index (χ1v) is 8.07. The Balaban J connectivity index is 1.74. The van der Waals surface area contributed by atoms with E-state index in [2.05, 4.69) is 10.4 Å². The van der Waals surface area contributed by atoms with Crippen molar-refractivity contribution in [2.45, 2.75) is 12.8 Å². The van der Waals surface area contributed by atoms with Gasteiger partial charge in [-0.05, 0) is 31.0 Å². The number of nitrogens with two attached hydrogens (primary N) is 1. The number of hydrogen-bond acceptors (Lipinski definition) is 3. The molecule has 2 heterocycles. The number of benzene rings is 1. The lowest BCUT2D eigenvalue weighted by Gasteiger charge is -2.30. The molecule has 1 fully saturated rings. The highest BCUT2D eigenvalue weighted by Gasteiger charge is 2.28. The quantitative estimate of drug-likeness (QED) is 0.891. The molecule has 0 aliphatic carbocycles. The molecule has 126 valence electrons. The molecule has 1 aromatic carbocycles. The number of piperidine rings is 1. The molecule has 0 unspecified atom stereocenters. The van der Waals surface area contributed by atoms with E-state index >= 15 is 0 Å². The first-order chi connectivity index (χ1) is 11.5. The van der Waals surface area contributed by atoms with Crippen LogP contribution >= 0.6 is 11.6 Å². The topological polar surface area (TPSA) is 93.2 Å². The van der Waals surface area contributed by atoms with E-state index in [0.717, 1.165) is 18.5 Å². The molecule has 24 heavy (non-hydrogen) atoms. The zero-order valence-corrected chi connectivity index (χ0v) is 13.7. The van der Waals surface area contributed by atoms with Gasteiger partial charge in [0.15, 0.2) is 0 Å². The summed E-state index contributed by atoms with van der Waals surface area (Å²) in [4.78, 5) is 25.3. The minimum Gasteiger partial charge on any atom is -0.351 e. The molecule has 0 spiro atoms. The lowest BCUT2D eigenvalue weighted by molar-refractivity contribution is -0.121. The fraction of sp³-hybridized carbons (Fsp3) is 0.312. The van der Waals surface area contributed by atoms with E-state index in [9.17, 15) is 9.59 Å². The number of nitrogens with zero attached hydrogens (tertiary/aromatic N) is 3. The van der Waals surface area contributed by atoms with E-state index < -0.39 is 6.03 Å². The average molecular weight is 348 g/mol. The third-order valence-electron chi connectivity index (χ3n) is 4.05. The maximum absolute atomic E-state index is 12.5. The van der Waals surface area contributed by atoms with Crippen LogP contribution in [0.2, 0.25) is 5.02 Å². The third-order valence-corrected chi connectivity index (χ3v) is 4.29. The summed E-state index contributed by atoms with van der Waals surface area (Å²) in [5.41, 5.74) is 6.06. The number of anilines is 1. The van der Waals surface area contributed by atoms with Gasteiger partial charge in [-0.25, -0.2) is 9.48 Å². The summed E-state index contributed by atoms with van der Waals surface area (Å²) in [6.45, 7) is 0.937. The number of primary amides is 1. The van der Waals surface area contributed by atoms with Gasteiger partial charge in [-0.15, -0.1) is 0 Å². The molecular formula is C16H18ClN5O2. The van der Waals surface area contributed by atoms with Gasteiger partial charge in [0.1, 0.15) is 5.82 Å². The lowest BCUT2D eigenvalue weighted by atomic mass is 9.97. The Morgan fingerprint density at radius 2 is 2.17 bits per heavy atom. The van der Waals surface area contributed by atoms with Crippen LogP contribution in [0.1, 0.15) is 12.8 Å². The van der Waals surface area contributed by atoms with Gasteiger partial charge in [0.2, 0.25) is 5.91 Å². The van der Waals surface area contributed by atoms with Crippen molar-refractivity contribution in [3.8, 4) is 5.69 Å². The van der Waals surface area contributed by atoms with E-state index in [1.54, 1.807) is 29.1 Å². The van der Waals surface area contributed by atoms with Crippen molar-refractivity contribution in [3.05, 3.63) is 41.6 Å². The predicted molar refractivity (Wildman–Crippen MR) is 91.1 cm³/mol. The van der Waals surface area contributed by atoms with Crippen LogP contribution in [0.5, 0.6) is 0 Å². The molecule has 1 aromatic heterocycles. The second kappa shape index (κ2) is 6.92. The van der Waals surface area contributed by atoms with Gasteiger partial charge < -0.3 is 16.0 Å². The highest BCUT2D eigenvalue weighted by atomic mass is 35.5. The van der Waals surface area contributed by atoms with Gasteiger partial charge in [-0.3, -0.25) is 4.79 Å². The van der Waals surface area contributed by atoms with Crippen LogP contribution in [0.15, 0.2) is 36.5 Å². The van der Waals surface area contributed by atoms with Crippen LogP contribution < -0.4 is 11.1 Å². The molecule has 1 saturated heterocycles. The summed E-state index contributed by atoms with van der Waals surface area (Å²) < 4.78 is 1.61. The van der Waals surface area contributed by atoms with Gasteiger partial charge in [0.05, 0.1) is 17.8 Å². The number of carbonyl (C=O) groups excluding carboxylic acids is 2. The minimum atomic E-state index is -0.489. The van der Waals surface area contributed by atoms with Gasteiger partial charge >= 0.3 is 6.03 Å². The van der Waals surface area contributed by atoms with Crippen LogP contribution in [0.3, 0.4) is 0 Å². The number of likely N-dealkylation sites (tertiary alicyclic amines) is 1. The Bertz CT molecular complexity index is 760. The molecule has 7 nitrogen and oxygen atoms in total. The zero-order valence-electron chi connectivity index (χ0n) is 13.0. The second-order valence-electron chi connectivity index (χ2n) is 5.72. The number of amides is 3. The third kappa shape index (κ3) is 3.51. The van der Waals surface area contributed by atoms with Gasteiger partial charge in [0, 0.05) is 24.2 Å². The SMILES string of the molecule is NC(=O)N1CCC[C@@H](C(=O)Nc2ccnn2-c2cccc(Cl)c2)C1. The van der Waals surface area contributed by atoms with Crippen molar-refractivity contribution in [2.75, 3.05) is 18.4 Å². The molecule has 0 radical (unpaired) electrons. The van der Waals surface area contributed by atoms with E-state index in [0.29, 0.717) is 23.9 Å². The van der Waals surface area contributed by atoms with Crippen molar-refractivity contribution in [3.63, 3.8) is 0 Å². The van der Waals surface area contributed by atoms with Crippen molar-refractivity contribution in [1.29, 1.82) is 0 Å².